The fourth-order valence-corrected chi connectivity index (χ4v) is 8.26. The standard InChI is InChI=1S/C45H27N3/c1-2-10-31(11-3-1)47-42-16-7-5-13-35(42)38-24-28(18-20-43(38)47)29-17-19-36-34-12-4-6-15-41(34)48(44(36)25-29)32-23-30-9-8-14-37-33-21-22-46-27-40(33)39(26-32)45(30)37/h1-27H. The highest BCUT2D eigenvalue weighted by Crippen LogP contribution is 2.48. The first kappa shape index (κ1) is 25.7. The van der Waals surface area contributed by atoms with E-state index in [4.69, 9.17) is 0 Å². The van der Waals surface area contributed by atoms with Crippen molar-refractivity contribution in [2.75, 3.05) is 0 Å². The van der Waals surface area contributed by atoms with Gasteiger partial charge in [0.1, 0.15) is 0 Å². The molecule has 3 heteroatoms. The summed E-state index contributed by atoms with van der Waals surface area (Å²) in [7, 11) is 0. The summed E-state index contributed by atoms with van der Waals surface area (Å²) in [5.74, 6) is 0. The highest BCUT2D eigenvalue weighted by molar-refractivity contribution is 6.17. The number of rotatable bonds is 3. The fourth-order valence-electron chi connectivity index (χ4n) is 8.26. The molecule has 0 spiro atoms. The lowest BCUT2D eigenvalue weighted by atomic mass is 10.0. The maximum absolute atomic E-state index is 4.51. The van der Waals surface area contributed by atoms with Gasteiger partial charge in [0.25, 0.3) is 0 Å². The zero-order chi connectivity index (χ0) is 31.3. The molecule has 3 aromatic heterocycles. The van der Waals surface area contributed by atoms with Gasteiger partial charge < -0.3 is 9.13 Å². The van der Waals surface area contributed by atoms with Crippen molar-refractivity contribution >= 4 is 54.4 Å². The Labute approximate surface area is 276 Å². The van der Waals surface area contributed by atoms with Crippen molar-refractivity contribution in [3.8, 4) is 44.8 Å². The van der Waals surface area contributed by atoms with Crippen LogP contribution in [-0.4, -0.2) is 14.1 Å². The topological polar surface area (TPSA) is 22.8 Å². The van der Waals surface area contributed by atoms with Gasteiger partial charge in [0.15, 0.2) is 0 Å². The molecule has 222 valence electrons. The van der Waals surface area contributed by atoms with Crippen LogP contribution < -0.4 is 0 Å². The number of para-hydroxylation sites is 3. The number of hydrogen-bond acceptors (Lipinski definition) is 1. The summed E-state index contributed by atoms with van der Waals surface area (Å²) >= 11 is 0. The molecule has 0 amide bonds. The van der Waals surface area contributed by atoms with Crippen molar-refractivity contribution in [2.24, 2.45) is 0 Å². The average Bonchev–Trinajstić information content (AvgIpc) is 3.78. The Bertz CT molecular complexity index is 2940. The second-order valence-electron chi connectivity index (χ2n) is 12.8. The van der Waals surface area contributed by atoms with Gasteiger partial charge in [0.2, 0.25) is 0 Å². The summed E-state index contributed by atoms with van der Waals surface area (Å²) in [5.41, 5.74) is 14.6. The highest BCUT2D eigenvalue weighted by Gasteiger charge is 2.23. The minimum Gasteiger partial charge on any atom is -0.309 e. The lowest BCUT2D eigenvalue weighted by Crippen LogP contribution is -1.95. The molecule has 11 rings (SSSR count). The van der Waals surface area contributed by atoms with Crippen LogP contribution in [0.2, 0.25) is 0 Å². The number of hydrogen-bond donors (Lipinski definition) is 0. The van der Waals surface area contributed by atoms with Crippen LogP contribution in [0.25, 0.3) is 99.1 Å². The molecule has 0 bridgehead atoms. The average molecular weight is 610 g/mol. The molecule has 1 aliphatic rings. The number of pyridine rings is 1. The maximum Gasteiger partial charge on any atom is 0.0547 e. The molecule has 0 radical (unpaired) electrons. The first-order chi connectivity index (χ1) is 23.8. The predicted molar refractivity (Wildman–Crippen MR) is 200 cm³/mol. The quantitative estimate of drug-likeness (QED) is 0.195. The first-order valence-electron chi connectivity index (χ1n) is 16.5. The van der Waals surface area contributed by atoms with Crippen molar-refractivity contribution in [3.63, 3.8) is 0 Å². The molecule has 3 heterocycles. The molecule has 0 aliphatic heterocycles. The van der Waals surface area contributed by atoms with Crippen molar-refractivity contribution < 1.29 is 0 Å². The normalized spacial score (nSPS) is 12.2. The van der Waals surface area contributed by atoms with E-state index in [1.807, 2.05) is 12.4 Å². The predicted octanol–water partition coefficient (Wildman–Crippen LogP) is 11.7. The van der Waals surface area contributed by atoms with Gasteiger partial charge in [-0.05, 0) is 99.3 Å². The smallest absolute Gasteiger partial charge is 0.0547 e. The van der Waals surface area contributed by atoms with Crippen LogP contribution in [0.5, 0.6) is 0 Å². The summed E-state index contributed by atoms with van der Waals surface area (Å²) in [6.07, 6.45) is 3.92. The Hall–Kier alpha value is -6.45. The number of fused-ring (bicyclic) bond motifs is 9. The zero-order valence-electron chi connectivity index (χ0n) is 25.9. The largest absolute Gasteiger partial charge is 0.309 e. The van der Waals surface area contributed by atoms with E-state index >= 15 is 0 Å². The van der Waals surface area contributed by atoms with Crippen LogP contribution >= 0.6 is 0 Å². The van der Waals surface area contributed by atoms with E-state index in [9.17, 15) is 0 Å². The van der Waals surface area contributed by atoms with Crippen molar-refractivity contribution in [1.82, 2.24) is 14.1 Å². The molecule has 7 aromatic carbocycles. The Morgan fingerprint density at radius 2 is 1.06 bits per heavy atom. The summed E-state index contributed by atoms with van der Waals surface area (Å²) in [4.78, 5) is 4.51. The second-order valence-corrected chi connectivity index (χ2v) is 12.8. The zero-order valence-corrected chi connectivity index (χ0v) is 25.9. The van der Waals surface area contributed by atoms with Crippen LogP contribution in [0.15, 0.2) is 164 Å². The first-order valence-corrected chi connectivity index (χ1v) is 16.5. The van der Waals surface area contributed by atoms with E-state index in [-0.39, 0.29) is 0 Å². The summed E-state index contributed by atoms with van der Waals surface area (Å²) in [5, 5.41) is 7.59. The molecule has 0 saturated carbocycles. The maximum atomic E-state index is 4.51. The van der Waals surface area contributed by atoms with Gasteiger partial charge in [-0.2, -0.15) is 0 Å². The summed E-state index contributed by atoms with van der Waals surface area (Å²) in [6.45, 7) is 0. The molecule has 0 N–H and O–H groups in total. The van der Waals surface area contributed by atoms with Crippen molar-refractivity contribution in [3.05, 3.63) is 164 Å². The van der Waals surface area contributed by atoms with Gasteiger partial charge in [-0.1, -0.05) is 91.0 Å². The third-order valence-electron chi connectivity index (χ3n) is 10.3. The molecule has 0 atom stereocenters. The van der Waals surface area contributed by atoms with E-state index < -0.39 is 0 Å². The molecule has 0 unspecified atom stereocenters. The Morgan fingerprint density at radius 3 is 1.92 bits per heavy atom. The molecular formula is C45H27N3. The number of nitrogens with zero attached hydrogens (tertiary/aromatic N) is 3. The van der Waals surface area contributed by atoms with Gasteiger partial charge in [-0.15, -0.1) is 0 Å². The van der Waals surface area contributed by atoms with Crippen LogP contribution in [0.1, 0.15) is 0 Å². The number of benzene rings is 7. The third-order valence-corrected chi connectivity index (χ3v) is 10.3. The molecule has 0 saturated heterocycles. The lowest BCUT2D eigenvalue weighted by Gasteiger charge is -2.12. The van der Waals surface area contributed by atoms with E-state index in [0.29, 0.717) is 0 Å². The Balaban J connectivity index is 1.15. The Morgan fingerprint density at radius 1 is 0.375 bits per heavy atom. The minimum absolute atomic E-state index is 1.16. The van der Waals surface area contributed by atoms with Gasteiger partial charge >= 0.3 is 0 Å². The molecule has 3 nitrogen and oxygen atoms in total. The van der Waals surface area contributed by atoms with E-state index in [1.54, 1.807) is 0 Å². The summed E-state index contributed by atoms with van der Waals surface area (Å²) in [6, 6.07) is 55.6. The molecular weight excluding hydrogens is 583 g/mol. The van der Waals surface area contributed by atoms with Gasteiger partial charge in [-0.3, -0.25) is 4.98 Å². The number of aromatic nitrogens is 3. The third kappa shape index (κ3) is 3.45. The van der Waals surface area contributed by atoms with Crippen LogP contribution in [0.3, 0.4) is 0 Å². The summed E-state index contributed by atoms with van der Waals surface area (Å²) < 4.78 is 4.82. The van der Waals surface area contributed by atoms with E-state index in [2.05, 4.69) is 166 Å². The van der Waals surface area contributed by atoms with Crippen molar-refractivity contribution in [1.29, 1.82) is 0 Å². The SMILES string of the molecule is c1ccc(-n2c3ccccc3c3cc(-c4ccc5c6ccccc6n(-c6cc7c8c(cccc8c6)-c6ccncc6-7)c5c4)ccc32)cc1. The van der Waals surface area contributed by atoms with E-state index in [0.717, 1.165) is 5.69 Å². The second kappa shape index (κ2) is 9.54. The monoisotopic (exact) mass is 609 g/mol. The van der Waals surface area contributed by atoms with E-state index in [1.165, 1.54) is 93.5 Å². The van der Waals surface area contributed by atoms with Gasteiger partial charge in [0.05, 0.1) is 22.1 Å². The van der Waals surface area contributed by atoms with Crippen LogP contribution in [0, 0.1) is 0 Å². The lowest BCUT2D eigenvalue weighted by molar-refractivity contribution is 1.18. The van der Waals surface area contributed by atoms with Gasteiger partial charge in [0, 0.05) is 50.9 Å². The Kier molecular flexibility index (Phi) is 5.11. The fraction of sp³-hybridized carbons (Fsp3) is 0. The molecule has 0 fully saturated rings. The molecule has 10 aromatic rings. The minimum atomic E-state index is 1.16. The van der Waals surface area contributed by atoms with Crippen molar-refractivity contribution in [2.45, 2.75) is 0 Å². The molecule has 48 heavy (non-hydrogen) atoms. The van der Waals surface area contributed by atoms with Crippen LogP contribution in [-0.2, 0) is 0 Å². The van der Waals surface area contributed by atoms with Crippen LogP contribution in [0.4, 0.5) is 0 Å². The van der Waals surface area contributed by atoms with Gasteiger partial charge in [-0.25, -0.2) is 0 Å². The highest BCUT2D eigenvalue weighted by atomic mass is 15.0. The molecule has 1 aliphatic carbocycles.